The standard InChI is InChI=1S/C28H29F2N3O2/c1-35-24-11-6-21-14-25(28(34)31-16-19-2-7-22(29)8-3-19)27-18-32(12-13-33(27)26(21)15-24)17-20-4-9-23(30)10-5-20/h2-11,15,25,27H,12-14,16-18H2,1H3,(H,31,34)/t25-,27-/m1/s1. The van der Waals surface area contributed by atoms with Gasteiger partial charge in [0.1, 0.15) is 17.4 Å². The number of hydrogen-bond acceptors (Lipinski definition) is 4. The molecule has 0 bridgehead atoms. The van der Waals surface area contributed by atoms with Crippen molar-refractivity contribution < 1.29 is 18.3 Å². The van der Waals surface area contributed by atoms with E-state index in [2.05, 4.69) is 27.2 Å². The molecule has 0 spiro atoms. The maximum absolute atomic E-state index is 13.4. The minimum atomic E-state index is -0.293. The normalized spacial score (nSPS) is 19.6. The van der Waals surface area contributed by atoms with E-state index in [4.69, 9.17) is 4.74 Å². The van der Waals surface area contributed by atoms with Crippen LogP contribution in [0.3, 0.4) is 0 Å². The van der Waals surface area contributed by atoms with Crippen LogP contribution in [0, 0.1) is 17.6 Å². The van der Waals surface area contributed by atoms with E-state index < -0.39 is 0 Å². The topological polar surface area (TPSA) is 44.8 Å². The summed E-state index contributed by atoms with van der Waals surface area (Å²) in [6, 6.07) is 18.8. The third-order valence-corrected chi connectivity index (χ3v) is 7.05. The Bertz CT molecular complexity index is 1180. The van der Waals surface area contributed by atoms with Gasteiger partial charge in [0.15, 0.2) is 0 Å². The van der Waals surface area contributed by atoms with E-state index in [1.54, 1.807) is 19.2 Å². The van der Waals surface area contributed by atoms with Crippen LogP contribution in [0.1, 0.15) is 16.7 Å². The van der Waals surface area contributed by atoms with E-state index in [0.29, 0.717) is 19.5 Å². The second-order valence-corrected chi connectivity index (χ2v) is 9.27. The van der Waals surface area contributed by atoms with Crippen LogP contribution in [0.15, 0.2) is 66.7 Å². The van der Waals surface area contributed by atoms with Gasteiger partial charge >= 0.3 is 0 Å². The molecule has 5 rings (SSSR count). The summed E-state index contributed by atoms with van der Waals surface area (Å²) in [4.78, 5) is 18.1. The van der Waals surface area contributed by atoms with Crippen molar-refractivity contribution in [3.05, 3.63) is 95.1 Å². The van der Waals surface area contributed by atoms with Crippen LogP contribution < -0.4 is 15.0 Å². The van der Waals surface area contributed by atoms with Gasteiger partial charge in [0.2, 0.25) is 5.91 Å². The fourth-order valence-electron chi connectivity index (χ4n) is 5.18. The van der Waals surface area contributed by atoms with E-state index in [0.717, 1.165) is 47.8 Å². The highest BCUT2D eigenvalue weighted by atomic mass is 19.1. The van der Waals surface area contributed by atoms with Crippen molar-refractivity contribution in [3.8, 4) is 5.75 Å². The molecule has 2 heterocycles. The van der Waals surface area contributed by atoms with Crippen molar-refractivity contribution in [2.24, 2.45) is 5.92 Å². The van der Waals surface area contributed by atoms with Gasteiger partial charge in [-0.05, 0) is 53.4 Å². The van der Waals surface area contributed by atoms with Crippen molar-refractivity contribution in [1.29, 1.82) is 0 Å². The van der Waals surface area contributed by atoms with Gasteiger partial charge < -0.3 is 15.0 Å². The summed E-state index contributed by atoms with van der Waals surface area (Å²) in [6.07, 6.45) is 0.639. The number of anilines is 1. The molecular formula is C28H29F2N3O2. The lowest BCUT2D eigenvalue weighted by molar-refractivity contribution is -0.126. The Morgan fingerprint density at radius 2 is 1.66 bits per heavy atom. The highest BCUT2D eigenvalue weighted by molar-refractivity contribution is 5.82. The monoisotopic (exact) mass is 477 g/mol. The van der Waals surface area contributed by atoms with E-state index in [-0.39, 0.29) is 29.5 Å². The summed E-state index contributed by atoms with van der Waals surface area (Å²) in [7, 11) is 1.66. The molecule has 0 aromatic heterocycles. The van der Waals surface area contributed by atoms with E-state index in [1.807, 2.05) is 18.2 Å². The van der Waals surface area contributed by atoms with Crippen molar-refractivity contribution >= 4 is 11.6 Å². The van der Waals surface area contributed by atoms with Crippen LogP contribution in [0.5, 0.6) is 5.75 Å². The first-order chi connectivity index (χ1) is 17.0. The van der Waals surface area contributed by atoms with Crippen molar-refractivity contribution in [1.82, 2.24) is 10.2 Å². The Morgan fingerprint density at radius 3 is 2.34 bits per heavy atom. The summed E-state index contributed by atoms with van der Waals surface area (Å²) in [5.41, 5.74) is 4.17. The van der Waals surface area contributed by atoms with Crippen LogP contribution in [0.4, 0.5) is 14.5 Å². The van der Waals surface area contributed by atoms with Crippen LogP contribution in [-0.2, 0) is 24.3 Å². The maximum Gasteiger partial charge on any atom is 0.225 e. The SMILES string of the molecule is COc1ccc2c(c1)N1CCN(Cc3ccc(F)cc3)C[C@@H]1[C@H](C(=O)NCc1ccc(F)cc1)C2. The van der Waals surface area contributed by atoms with Crippen LogP contribution in [0.2, 0.25) is 0 Å². The van der Waals surface area contributed by atoms with Crippen LogP contribution in [0.25, 0.3) is 0 Å². The third kappa shape index (κ3) is 5.15. The van der Waals surface area contributed by atoms with E-state index in [1.165, 1.54) is 24.3 Å². The number of carbonyl (C=O) groups is 1. The molecule has 0 aliphatic carbocycles. The summed E-state index contributed by atoms with van der Waals surface area (Å²) in [6.45, 7) is 3.42. The number of ether oxygens (including phenoxy) is 1. The molecule has 2 aliphatic rings. The Kier molecular flexibility index (Phi) is 6.68. The number of amides is 1. The second-order valence-electron chi connectivity index (χ2n) is 9.27. The molecule has 1 amide bonds. The molecule has 3 aromatic rings. The molecule has 182 valence electrons. The average Bonchev–Trinajstić information content (AvgIpc) is 2.88. The Balaban J connectivity index is 1.36. The first-order valence-corrected chi connectivity index (χ1v) is 11.9. The number of halogens is 2. The predicted molar refractivity (Wildman–Crippen MR) is 131 cm³/mol. The first-order valence-electron chi connectivity index (χ1n) is 11.9. The van der Waals surface area contributed by atoms with E-state index in [9.17, 15) is 13.6 Å². The molecular weight excluding hydrogens is 448 g/mol. The Labute approximate surface area is 204 Å². The van der Waals surface area contributed by atoms with Gasteiger partial charge in [-0.1, -0.05) is 30.3 Å². The van der Waals surface area contributed by atoms with Crippen LogP contribution >= 0.6 is 0 Å². The molecule has 2 aliphatic heterocycles. The fraction of sp³-hybridized carbons (Fsp3) is 0.321. The first kappa shape index (κ1) is 23.3. The Hall–Kier alpha value is -3.45. The highest BCUT2D eigenvalue weighted by Gasteiger charge is 2.41. The summed E-state index contributed by atoms with van der Waals surface area (Å²) < 4.78 is 32.1. The average molecular weight is 478 g/mol. The number of carbonyl (C=O) groups excluding carboxylic acids is 1. The van der Waals surface area contributed by atoms with Gasteiger partial charge in [0.25, 0.3) is 0 Å². The van der Waals surface area contributed by atoms with Gasteiger partial charge in [0.05, 0.1) is 19.1 Å². The number of benzene rings is 3. The molecule has 5 nitrogen and oxygen atoms in total. The summed E-state index contributed by atoms with van der Waals surface area (Å²) in [5.74, 6) is 0.0324. The number of methoxy groups -OCH3 is 1. The van der Waals surface area contributed by atoms with Gasteiger partial charge in [-0.25, -0.2) is 8.78 Å². The third-order valence-electron chi connectivity index (χ3n) is 7.05. The summed E-state index contributed by atoms with van der Waals surface area (Å²) in [5, 5.41) is 3.07. The quantitative estimate of drug-likeness (QED) is 0.579. The lowest BCUT2D eigenvalue weighted by Crippen LogP contribution is -2.60. The molecule has 7 heteroatoms. The number of nitrogens with one attached hydrogen (secondary N) is 1. The smallest absolute Gasteiger partial charge is 0.225 e. The highest BCUT2D eigenvalue weighted by Crippen LogP contribution is 2.38. The van der Waals surface area contributed by atoms with Gasteiger partial charge in [-0.3, -0.25) is 9.69 Å². The number of fused-ring (bicyclic) bond motifs is 3. The number of hydrogen-bond donors (Lipinski definition) is 1. The van der Waals surface area contributed by atoms with Crippen molar-refractivity contribution in [2.75, 3.05) is 31.6 Å². The molecule has 35 heavy (non-hydrogen) atoms. The van der Waals surface area contributed by atoms with Gasteiger partial charge in [-0.2, -0.15) is 0 Å². The number of nitrogens with zero attached hydrogens (tertiary/aromatic N) is 2. The van der Waals surface area contributed by atoms with E-state index >= 15 is 0 Å². The molecule has 1 saturated heterocycles. The fourth-order valence-corrected chi connectivity index (χ4v) is 5.18. The zero-order valence-electron chi connectivity index (χ0n) is 19.7. The van der Waals surface area contributed by atoms with Gasteiger partial charge in [0, 0.05) is 44.5 Å². The predicted octanol–water partition coefficient (Wildman–Crippen LogP) is 4.15. The van der Waals surface area contributed by atoms with Crippen molar-refractivity contribution in [2.45, 2.75) is 25.6 Å². The van der Waals surface area contributed by atoms with Crippen molar-refractivity contribution in [3.63, 3.8) is 0 Å². The lowest BCUT2D eigenvalue weighted by Gasteiger charge is -2.49. The molecule has 2 atom stereocenters. The molecule has 3 aromatic carbocycles. The molecule has 1 N–H and O–H groups in total. The maximum atomic E-state index is 13.4. The van der Waals surface area contributed by atoms with Crippen LogP contribution in [-0.4, -0.2) is 43.6 Å². The minimum absolute atomic E-state index is 0.00276. The minimum Gasteiger partial charge on any atom is -0.497 e. The summed E-state index contributed by atoms with van der Waals surface area (Å²) >= 11 is 0. The molecule has 0 radical (unpaired) electrons. The zero-order chi connectivity index (χ0) is 24.4. The second kappa shape index (κ2) is 10.0. The molecule has 1 fully saturated rings. The molecule has 0 saturated carbocycles. The number of rotatable bonds is 6. The largest absolute Gasteiger partial charge is 0.497 e. The zero-order valence-corrected chi connectivity index (χ0v) is 19.7. The Morgan fingerprint density at radius 1 is 0.971 bits per heavy atom. The van der Waals surface area contributed by atoms with Gasteiger partial charge in [-0.15, -0.1) is 0 Å². The number of piperazine rings is 1. The molecule has 0 unspecified atom stereocenters. The lowest BCUT2D eigenvalue weighted by atomic mass is 9.83.